The molecule has 13 aromatic carbocycles. The Hall–Kier alpha value is -10.5. The zero-order valence-electron chi connectivity index (χ0n) is 64.1. The predicted octanol–water partition coefficient (Wildman–Crippen LogP) is 31.0. The van der Waals surface area contributed by atoms with Crippen LogP contribution in [0.1, 0.15) is 195 Å². The SMILES string of the molecule is Cc1ccc(/C(=C/c2ccc(N(c3ccc(/C=C(/c4ccc(C)cc4)C4CCCCC4)cc3)c3c4cc5ccccc5cc4c(N(c4ccc(/C=C(/c5ccc(C)cc5)C5CCCCC5)cc4)c4ccc(/C=C(/c5ccc(C)cc5)C5CCCCC5)cc4)c4cc5ccccc5cc34)cc2)C2CCCCC2)cc1. The van der Waals surface area contributed by atoms with E-state index in [2.05, 4.69) is 329 Å². The maximum absolute atomic E-state index is 2.62. The van der Waals surface area contributed by atoms with E-state index >= 15 is 0 Å². The first kappa shape index (κ1) is 70.4. The molecular weight excluding hydrogens is 1300 g/mol. The van der Waals surface area contributed by atoms with Gasteiger partial charge < -0.3 is 9.80 Å². The van der Waals surface area contributed by atoms with Crippen molar-refractivity contribution in [2.75, 3.05) is 9.80 Å². The summed E-state index contributed by atoms with van der Waals surface area (Å²) < 4.78 is 0. The van der Waals surface area contributed by atoms with Gasteiger partial charge in [0.2, 0.25) is 0 Å². The van der Waals surface area contributed by atoms with E-state index < -0.39 is 0 Å². The summed E-state index contributed by atoms with van der Waals surface area (Å²) in [5, 5.41) is 9.58. The van der Waals surface area contributed by atoms with Gasteiger partial charge in [-0.25, -0.2) is 0 Å². The van der Waals surface area contributed by atoms with E-state index in [1.807, 2.05) is 0 Å². The maximum atomic E-state index is 2.62. The lowest BCUT2D eigenvalue weighted by atomic mass is 9.80. The first-order chi connectivity index (χ1) is 53.1. The Balaban J connectivity index is 0.897. The minimum Gasteiger partial charge on any atom is -0.309 e. The highest BCUT2D eigenvalue weighted by molar-refractivity contribution is 6.27. The number of hydrogen-bond acceptors (Lipinski definition) is 2. The third kappa shape index (κ3) is 15.4. The number of fused-ring (bicyclic) bond motifs is 4. The van der Waals surface area contributed by atoms with Gasteiger partial charge in [0, 0.05) is 44.3 Å². The van der Waals surface area contributed by atoms with Crippen molar-refractivity contribution >= 4 is 124 Å². The summed E-state index contributed by atoms with van der Waals surface area (Å²) in [4.78, 5) is 5.23. The smallest absolute Gasteiger partial charge is 0.0620 e. The number of benzene rings is 13. The van der Waals surface area contributed by atoms with Crippen LogP contribution in [0.4, 0.5) is 34.1 Å². The Morgan fingerprint density at radius 1 is 0.231 bits per heavy atom. The van der Waals surface area contributed by atoms with Crippen LogP contribution in [0.5, 0.6) is 0 Å². The van der Waals surface area contributed by atoms with Gasteiger partial charge >= 0.3 is 0 Å². The fourth-order valence-corrected chi connectivity index (χ4v) is 18.8. The first-order valence-corrected chi connectivity index (χ1v) is 41.1. The van der Waals surface area contributed by atoms with E-state index in [1.54, 1.807) is 0 Å². The molecule has 0 unspecified atom stereocenters. The van der Waals surface area contributed by atoms with Crippen LogP contribution in [0.25, 0.3) is 89.7 Å². The molecule has 4 aliphatic rings. The van der Waals surface area contributed by atoms with Gasteiger partial charge in [-0.05, 0) is 264 Å². The molecule has 538 valence electrons. The van der Waals surface area contributed by atoms with Crippen molar-refractivity contribution in [2.45, 2.75) is 156 Å². The molecule has 17 rings (SSSR count). The van der Waals surface area contributed by atoms with Crippen LogP contribution >= 0.6 is 0 Å². The third-order valence-electron chi connectivity index (χ3n) is 24.9. The molecule has 0 amide bonds. The number of anilines is 6. The van der Waals surface area contributed by atoms with Gasteiger partial charge in [-0.1, -0.05) is 318 Å². The molecular formula is C106H104N2. The van der Waals surface area contributed by atoms with Gasteiger partial charge in [0.1, 0.15) is 0 Å². The minimum absolute atomic E-state index is 0.533. The van der Waals surface area contributed by atoms with Crippen LogP contribution in [0.2, 0.25) is 0 Å². The zero-order valence-corrected chi connectivity index (χ0v) is 64.1. The quantitative estimate of drug-likeness (QED) is 0.0480. The van der Waals surface area contributed by atoms with Gasteiger partial charge in [0.05, 0.1) is 11.4 Å². The van der Waals surface area contributed by atoms with E-state index in [0.29, 0.717) is 23.7 Å². The van der Waals surface area contributed by atoms with Gasteiger partial charge in [0.25, 0.3) is 0 Å². The van der Waals surface area contributed by atoms with Gasteiger partial charge in [0.15, 0.2) is 0 Å². The van der Waals surface area contributed by atoms with Crippen LogP contribution in [-0.2, 0) is 0 Å². The lowest BCUT2D eigenvalue weighted by Gasteiger charge is -2.33. The molecule has 13 aromatic rings. The Bertz CT molecular complexity index is 4750. The van der Waals surface area contributed by atoms with Crippen molar-refractivity contribution in [3.63, 3.8) is 0 Å². The zero-order chi connectivity index (χ0) is 72.9. The van der Waals surface area contributed by atoms with Gasteiger partial charge in [-0.15, -0.1) is 0 Å². The number of allylic oxidation sites excluding steroid dienone is 4. The summed E-state index contributed by atoms with van der Waals surface area (Å²) in [5.74, 6) is 2.13. The lowest BCUT2D eigenvalue weighted by molar-refractivity contribution is 0.430. The second-order valence-corrected chi connectivity index (χ2v) is 32.4. The molecule has 0 N–H and O–H groups in total. The second kappa shape index (κ2) is 32.1. The number of rotatable bonds is 18. The maximum Gasteiger partial charge on any atom is 0.0620 e. The Kier molecular flexibility index (Phi) is 20.9. The van der Waals surface area contributed by atoms with E-state index in [9.17, 15) is 0 Å². The summed E-state index contributed by atoms with van der Waals surface area (Å²) in [6.45, 7) is 8.82. The Labute approximate surface area is 642 Å². The molecule has 4 fully saturated rings. The van der Waals surface area contributed by atoms with Gasteiger partial charge in [-0.3, -0.25) is 0 Å². The Morgan fingerprint density at radius 2 is 0.426 bits per heavy atom. The topological polar surface area (TPSA) is 6.48 Å². The summed E-state index contributed by atoms with van der Waals surface area (Å²) >= 11 is 0. The van der Waals surface area contributed by atoms with Crippen molar-refractivity contribution < 1.29 is 0 Å². The highest BCUT2D eigenvalue weighted by Crippen LogP contribution is 2.54. The number of hydrogen-bond donors (Lipinski definition) is 0. The largest absolute Gasteiger partial charge is 0.309 e. The summed E-state index contributed by atoms with van der Waals surface area (Å²) in [6.07, 6.45) is 35.5. The van der Waals surface area contributed by atoms with Crippen molar-refractivity contribution in [2.24, 2.45) is 23.7 Å². The molecule has 0 aromatic heterocycles. The van der Waals surface area contributed by atoms with E-state index in [1.165, 1.54) is 261 Å². The van der Waals surface area contributed by atoms with Crippen molar-refractivity contribution in [1.29, 1.82) is 0 Å². The molecule has 108 heavy (non-hydrogen) atoms. The van der Waals surface area contributed by atoms with Crippen LogP contribution in [0, 0.1) is 51.4 Å². The van der Waals surface area contributed by atoms with E-state index in [-0.39, 0.29) is 0 Å². The second-order valence-electron chi connectivity index (χ2n) is 32.4. The minimum atomic E-state index is 0.533. The van der Waals surface area contributed by atoms with E-state index in [0.717, 1.165) is 34.1 Å². The Morgan fingerprint density at radius 3 is 0.620 bits per heavy atom. The molecule has 4 saturated carbocycles. The predicted molar refractivity (Wildman–Crippen MR) is 468 cm³/mol. The van der Waals surface area contributed by atoms with E-state index in [4.69, 9.17) is 0 Å². The van der Waals surface area contributed by atoms with Crippen molar-refractivity contribution in [1.82, 2.24) is 0 Å². The van der Waals surface area contributed by atoms with Crippen molar-refractivity contribution in [3.8, 4) is 0 Å². The molecule has 0 bridgehead atoms. The van der Waals surface area contributed by atoms with Crippen molar-refractivity contribution in [3.05, 3.63) is 334 Å². The number of aryl methyl sites for hydroxylation is 4. The fraction of sp³-hybridized carbons (Fsp3) is 0.264. The monoisotopic (exact) mass is 1400 g/mol. The molecule has 0 atom stereocenters. The normalized spacial score (nSPS) is 16.4. The molecule has 0 aliphatic heterocycles. The highest BCUT2D eigenvalue weighted by atomic mass is 15.2. The third-order valence-corrected chi connectivity index (χ3v) is 24.9. The average molecular weight is 1410 g/mol. The summed E-state index contributed by atoms with van der Waals surface area (Å²) in [7, 11) is 0. The molecule has 2 nitrogen and oxygen atoms in total. The molecule has 0 spiro atoms. The van der Waals surface area contributed by atoms with Gasteiger partial charge in [-0.2, -0.15) is 0 Å². The molecule has 4 aliphatic carbocycles. The van der Waals surface area contributed by atoms with Crippen LogP contribution < -0.4 is 9.80 Å². The highest BCUT2D eigenvalue weighted by Gasteiger charge is 2.30. The molecule has 2 heteroatoms. The average Bonchev–Trinajstić information content (AvgIpc) is 0.710. The molecule has 0 heterocycles. The lowest BCUT2D eigenvalue weighted by Crippen LogP contribution is -2.15. The standard InChI is InChI=1S/C106H104N2/c1-73-33-49-85(50-34-73)97(81-21-9-5-10-22-81)65-77-41-57-93(58-42-77)107(94-59-43-78(44-60-94)66-98(82-23-11-6-12-24-82)86-51-35-74(2)36-52-86)105-101-69-89-29-17-19-31-91(89)71-103(101)106(104-72-92-32-20-18-30-90(92)70-102(104)105)108(95-61-45-79(46-62-95)67-99(83-25-13-7-14-26-83)87-53-37-75(3)38-54-87)96-63-47-80(48-64-96)68-100(84-27-15-8-16-28-84)88-55-39-76(4)40-56-88/h17-20,29-72,81-84H,5-16,21-28H2,1-4H3/b97-65+,98-66+,99-67+,100-68+. The van der Waals surface area contributed by atoms with Crippen LogP contribution in [-0.4, -0.2) is 0 Å². The number of nitrogens with zero attached hydrogens (tertiary/aromatic N) is 2. The van der Waals surface area contributed by atoms with Crippen LogP contribution in [0.3, 0.4) is 0 Å². The fourth-order valence-electron chi connectivity index (χ4n) is 18.8. The molecule has 0 radical (unpaired) electrons. The first-order valence-electron chi connectivity index (χ1n) is 41.1. The summed E-state index contributed by atoms with van der Waals surface area (Å²) in [6, 6.07) is 104. The molecule has 0 saturated heterocycles. The van der Waals surface area contributed by atoms with Crippen LogP contribution in [0.15, 0.2) is 267 Å². The summed E-state index contributed by atoms with van der Waals surface area (Å²) in [5.41, 5.74) is 28.1.